The van der Waals surface area contributed by atoms with Gasteiger partial charge in [-0.2, -0.15) is 0 Å². The van der Waals surface area contributed by atoms with E-state index in [-0.39, 0.29) is 0 Å². The summed E-state index contributed by atoms with van der Waals surface area (Å²) in [6, 6.07) is 1.33. The zero-order chi connectivity index (χ0) is 14.4. The lowest BCUT2D eigenvalue weighted by Crippen LogP contribution is -2.49. The number of hydrogen-bond acceptors (Lipinski definition) is 4. The van der Waals surface area contributed by atoms with Gasteiger partial charge in [0.25, 0.3) is 0 Å². The van der Waals surface area contributed by atoms with Gasteiger partial charge in [-0.3, -0.25) is 4.90 Å². The predicted molar refractivity (Wildman–Crippen MR) is 82.1 cm³/mol. The van der Waals surface area contributed by atoms with Crippen LogP contribution >= 0.6 is 0 Å². The molecule has 4 nitrogen and oxygen atoms in total. The molecule has 1 N–H and O–H groups in total. The third-order valence-corrected chi connectivity index (χ3v) is 4.75. The van der Waals surface area contributed by atoms with Gasteiger partial charge in [-0.15, -0.1) is 0 Å². The molecule has 2 rings (SSSR count). The van der Waals surface area contributed by atoms with Crippen LogP contribution in [0.3, 0.4) is 0 Å². The smallest absolute Gasteiger partial charge is 0.0612 e. The van der Waals surface area contributed by atoms with Gasteiger partial charge in [0, 0.05) is 38.9 Å². The molecular weight excluding hydrogens is 252 g/mol. The van der Waals surface area contributed by atoms with E-state index in [4.69, 9.17) is 9.47 Å². The molecule has 0 aromatic heterocycles. The molecule has 0 aromatic rings. The standard InChI is InChI=1S/C16H32N2O2/c1-13(2)16-11-15(6-9-20-16)18(8-10-19-3)12-14-5-4-7-17-14/h13-17H,4-12H2,1-3H3. The summed E-state index contributed by atoms with van der Waals surface area (Å²) in [7, 11) is 1.80. The van der Waals surface area contributed by atoms with Gasteiger partial charge in [-0.05, 0) is 38.1 Å². The molecule has 0 amide bonds. The van der Waals surface area contributed by atoms with E-state index in [1.165, 1.54) is 38.8 Å². The Labute approximate surface area is 124 Å². The summed E-state index contributed by atoms with van der Waals surface area (Å²) in [6.45, 7) is 9.68. The van der Waals surface area contributed by atoms with Crippen molar-refractivity contribution in [2.75, 3.05) is 40.0 Å². The van der Waals surface area contributed by atoms with Gasteiger partial charge in [-0.25, -0.2) is 0 Å². The quantitative estimate of drug-likeness (QED) is 0.774. The second kappa shape index (κ2) is 8.32. The lowest BCUT2D eigenvalue weighted by atomic mass is 9.94. The van der Waals surface area contributed by atoms with Gasteiger partial charge in [0.2, 0.25) is 0 Å². The van der Waals surface area contributed by atoms with Crippen LogP contribution in [0.4, 0.5) is 0 Å². The molecule has 2 fully saturated rings. The van der Waals surface area contributed by atoms with Crippen LogP contribution in [-0.2, 0) is 9.47 Å². The molecule has 20 heavy (non-hydrogen) atoms. The van der Waals surface area contributed by atoms with E-state index in [9.17, 15) is 0 Å². The highest BCUT2D eigenvalue weighted by atomic mass is 16.5. The molecule has 3 unspecified atom stereocenters. The average Bonchev–Trinajstić information content (AvgIpc) is 2.96. The SMILES string of the molecule is COCCN(CC1CCCN1)C1CCOC(C(C)C)C1. The first-order chi connectivity index (χ1) is 9.70. The van der Waals surface area contributed by atoms with Crippen LogP contribution in [0, 0.1) is 5.92 Å². The molecule has 2 aliphatic rings. The summed E-state index contributed by atoms with van der Waals surface area (Å²) in [5.74, 6) is 0.617. The van der Waals surface area contributed by atoms with Crippen LogP contribution in [0.2, 0.25) is 0 Å². The summed E-state index contributed by atoms with van der Waals surface area (Å²) < 4.78 is 11.2. The maximum absolute atomic E-state index is 5.92. The Hall–Kier alpha value is -0.160. The molecule has 2 heterocycles. The van der Waals surface area contributed by atoms with Gasteiger partial charge in [0.1, 0.15) is 0 Å². The fraction of sp³-hybridized carbons (Fsp3) is 1.00. The predicted octanol–water partition coefficient (Wildman–Crippen LogP) is 1.89. The Morgan fingerprint density at radius 2 is 2.20 bits per heavy atom. The van der Waals surface area contributed by atoms with Gasteiger partial charge < -0.3 is 14.8 Å². The average molecular weight is 284 g/mol. The first-order valence-electron chi connectivity index (χ1n) is 8.28. The van der Waals surface area contributed by atoms with Crippen molar-refractivity contribution in [1.29, 1.82) is 0 Å². The van der Waals surface area contributed by atoms with Gasteiger partial charge in [0.15, 0.2) is 0 Å². The summed E-state index contributed by atoms with van der Waals surface area (Å²) in [4.78, 5) is 2.64. The number of nitrogens with one attached hydrogen (secondary N) is 1. The van der Waals surface area contributed by atoms with Crippen molar-refractivity contribution in [2.45, 2.75) is 57.7 Å². The molecule has 118 valence electrons. The van der Waals surface area contributed by atoms with Crippen LogP contribution in [0.25, 0.3) is 0 Å². The van der Waals surface area contributed by atoms with Crippen LogP contribution in [-0.4, -0.2) is 63.0 Å². The zero-order valence-corrected chi connectivity index (χ0v) is 13.4. The van der Waals surface area contributed by atoms with Gasteiger partial charge in [0.05, 0.1) is 12.7 Å². The fourth-order valence-electron chi connectivity index (χ4n) is 3.43. The molecule has 0 aliphatic carbocycles. The van der Waals surface area contributed by atoms with Crippen LogP contribution in [0.5, 0.6) is 0 Å². The Kier molecular flexibility index (Phi) is 6.75. The van der Waals surface area contributed by atoms with E-state index in [1.54, 1.807) is 7.11 Å². The minimum absolute atomic E-state index is 0.426. The Morgan fingerprint density at radius 3 is 2.85 bits per heavy atom. The Morgan fingerprint density at radius 1 is 1.35 bits per heavy atom. The maximum Gasteiger partial charge on any atom is 0.0612 e. The maximum atomic E-state index is 5.92. The summed E-state index contributed by atoms with van der Waals surface area (Å²) in [5, 5.41) is 3.62. The van der Waals surface area contributed by atoms with Crippen molar-refractivity contribution >= 4 is 0 Å². The van der Waals surface area contributed by atoms with E-state index in [2.05, 4.69) is 24.1 Å². The fourth-order valence-corrected chi connectivity index (χ4v) is 3.43. The van der Waals surface area contributed by atoms with Crippen LogP contribution in [0.1, 0.15) is 39.5 Å². The number of ether oxygens (including phenoxy) is 2. The highest BCUT2D eigenvalue weighted by molar-refractivity contribution is 4.85. The highest BCUT2D eigenvalue weighted by Gasteiger charge is 2.30. The second-order valence-electron chi connectivity index (χ2n) is 6.61. The lowest BCUT2D eigenvalue weighted by Gasteiger charge is -2.39. The van der Waals surface area contributed by atoms with Gasteiger partial charge >= 0.3 is 0 Å². The summed E-state index contributed by atoms with van der Waals surface area (Å²) >= 11 is 0. The minimum atomic E-state index is 0.426. The van der Waals surface area contributed by atoms with E-state index in [0.717, 1.165) is 19.8 Å². The molecule has 3 atom stereocenters. The van der Waals surface area contributed by atoms with E-state index in [0.29, 0.717) is 24.1 Å². The topological polar surface area (TPSA) is 33.7 Å². The number of rotatable bonds is 7. The van der Waals surface area contributed by atoms with Crippen molar-refractivity contribution in [3.05, 3.63) is 0 Å². The first kappa shape index (κ1) is 16.2. The van der Waals surface area contributed by atoms with Gasteiger partial charge in [-0.1, -0.05) is 13.8 Å². The van der Waals surface area contributed by atoms with E-state index in [1.807, 2.05) is 0 Å². The Bertz CT molecular complexity index is 267. The molecule has 0 bridgehead atoms. The molecular formula is C16H32N2O2. The Balaban J connectivity index is 1.89. The number of hydrogen-bond donors (Lipinski definition) is 1. The summed E-state index contributed by atoms with van der Waals surface area (Å²) in [6.07, 6.45) is 5.41. The molecule has 0 radical (unpaired) electrons. The molecule has 2 saturated heterocycles. The monoisotopic (exact) mass is 284 g/mol. The van der Waals surface area contributed by atoms with Crippen molar-refractivity contribution in [3.8, 4) is 0 Å². The van der Waals surface area contributed by atoms with Crippen molar-refractivity contribution in [1.82, 2.24) is 10.2 Å². The van der Waals surface area contributed by atoms with Crippen LogP contribution < -0.4 is 5.32 Å². The minimum Gasteiger partial charge on any atom is -0.383 e. The second-order valence-corrected chi connectivity index (χ2v) is 6.61. The van der Waals surface area contributed by atoms with Crippen molar-refractivity contribution in [2.24, 2.45) is 5.92 Å². The first-order valence-corrected chi connectivity index (χ1v) is 8.28. The van der Waals surface area contributed by atoms with Crippen molar-refractivity contribution in [3.63, 3.8) is 0 Å². The molecule has 4 heteroatoms. The molecule has 0 aromatic carbocycles. The molecule has 2 aliphatic heterocycles. The largest absolute Gasteiger partial charge is 0.383 e. The highest BCUT2D eigenvalue weighted by Crippen LogP contribution is 2.24. The van der Waals surface area contributed by atoms with Crippen LogP contribution in [0.15, 0.2) is 0 Å². The van der Waals surface area contributed by atoms with E-state index >= 15 is 0 Å². The number of methoxy groups -OCH3 is 1. The summed E-state index contributed by atoms with van der Waals surface area (Å²) in [5.41, 5.74) is 0. The van der Waals surface area contributed by atoms with Crippen molar-refractivity contribution < 1.29 is 9.47 Å². The molecule has 0 spiro atoms. The third-order valence-electron chi connectivity index (χ3n) is 4.75. The molecule has 0 saturated carbocycles. The zero-order valence-electron chi connectivity index (χ0n) is 13.4. The third kappa shape index (κ3) is 4.69. The number of nitrogens with zero attached hydrogens (tertiary/aromatic N) is 1. The van der Waals surface area contributed by atoms with E-state index < -0.39 is 0 Å². The lowest BCUT2D eigenvalue weighted by molar-refractivity contribution is -0.0523. The normalized spacial score (nSPS) is 31.4.